The Hall–Kier alpha value is -3.51. The lowest BCUT2D eigenvalue weighted by Gasteiger charge is -2.24. The second kappa shape index (κ2) is 14.6. The third kappa shape index (κ3) is 10.4. The SMILES string of the molecule is CC(N)C(=O)NC(Cc1ccccc1)C(=O)NC(CC(N)=O)C(=O)NC(CCCCN)C(=O)O. The van der Waals surface area contributed by atoms with Gasteiger partial charge >= 0.3 is 5.97 Å². The number of hydrogen-bond acceptors (Lipinski definition) is 7. The third-order valence-electron chi connectivity index (χ3n) is 4.93. The van der Waals surface area contributed by atoms with E-state index in [9.17, 15) is 29.1 Å². The van der Waals surface area contributed by atoms with Crippen molar-refractivity contribution in [2.45, 2.75) is 63.2 Å². The number of hydrogen-bond donors (Lipinski definition) is 7. The van der Waals surface area contributed by atoms with Crippen molar-refractivity contribution in [1.82, 2.24) is 16.0 Å². The summed E-state index contributed by atoms with van der Waals surface area (Å²) in [5, 5.41) is 16.6. The van der Waals surface area contributed by atoms with Crippen LogP contribution in [0.3, 0.4) is 0 Å². The summed E-state index contributed by atoms with van der Waals surface area (Å²) in [6, 6.07) is 4.16. The van der Waals surface area contributed by atoms with E-state index >= 15 is 0 Å². The second-order valence-corrected chi connectivity index (χ2v) is 7.96. The number of carbonyl (C=O) groups is 5. The van der Waals surface area contributed by atoms with E-state index < -0.39 is 60.2 Å². The Bertz CT molecular complexity index is 848. The van der Waals surface area contributed by atoms with Gasteiger partial charge in [0.05, 0.1) is 12.5 Å². The van der Waals surface area contributed by atoms with E-state index in [1.807, 2.05) is 0 Å². The lowest BCUT2D eigenvalue weighted by Crippen LogP contribution is -2.58. The zero-order chi connectivity index (χ0) is 25.7. The van der Waals surface area contributed by atoms with Crippen LogP contribution in [0.4, 0.5) is 0 Å². The van der Waals surface area contributed by atoms with Gasteiger partial charge in [0.15, 0.2) is 0 Å². The van der Waals surface area contributed by atoms with E-state index in [1.165, 1.54) is 6.92 Å². The highest BCUT2D eigenvalue weighted by molar-refractivity contribution is 5.96. The quantitative estimate of drug-likeness (QED) is 0.141. The highest BCUT2D eigenvalue weighted by atomic mass is 16.4. The predicted molar refractivity (Wildman–Crippen MR) is 124 cm³/mol. The van der Waals surface area contributed by atoms with Crippen LogP contribution in [-0.2, 0) is 30.4 Å². The minimum absolute atomic E-state index is 0.0902. The van der Waals surface area contributed by atoms with Gasteiger partial charge in [-0.05, 0) is 38.3 Å². The van der Waals surface area contributed by atoms with Crippen molar-refractivity contribution in [1.29, 1.82) is 0 Å². The van der Waals surface area contributed by atoms with Crippen LogP contribution in [0.25, 0.3) is 0 Å². The van der Waals surface area contributed by atoms with Crippen LogP contribution in [0.5, 0.6) is 0 Å². The number of nitrogens with two attached hydrogens (primary N) is 3. The molecule has 4 amide bonds. The lowest BCUT2D eigenvalue weighted by atomic mass is 10.0. The van der Waals surface area contributed by atoms with Crippen LogP contribution in [0, 0.1) is 0 Å². The van der Waals surface area contributed by atoms with E-state index in [1.54, 1.807) is 30.3 Å². The Morgan fingerprint density at radius 1 is 0.882 bits per heavy atom. The molecule has 0 bridgehead atoms. The molecule has 12 nitrogen and oxygen atoms in total. The molecule has 0 aliphatic rings. The van der Waals surface area contributed by atoms with Crippen LogP contribution < -0.4 is 33.2 Å². The number of primary amides is 1. The number of nitrogens with one attached hydrogen (secondary N) is 3. The highest BCUT2D eigenvalue weighted by Crippen LogP contribution is 2.06. The van der Waals surface area contributed by atoms with Crippen molar-refractivity contribution in [2.75, 3.05) is 6.54 Å². The summed E-state index contributed by atoms with van der Waals surface area (Å²) < 4.78 is 0. The summed E-state index contributed by atoms with van der Waals surface area (Å²) in [6.45, 7) is 1.82. The molecule has 10 N–H and O–H groups in total. The normalized spacial score (nSPS) is 14.2. The van der Waals surface area contributed by atoms with E-state index in [4.69, 9.17) is 17.2 Å². The van der Waals surface area contributed by atoms with Crippen LogP contribution in [0.1, 0.15) is 38.2 Å². The molecule has 188 valence electrons. The number of carboxylic acids is 1. The Morgan fingerprint density at radius 2 is 1.44 bits per heavy atom. The fourth-order valence-corrected chi connectivity index (χ4v) is 3.07. The molecule has 0 fully saturated rings. The zero-order valence-corrected chi connectivity index (χ0v) is 19.2. The topological polar surface area (TPSA) is 220 Å². The van der Waals surface area contributed by atoms with Crippen LogP contribution in [-0.4, -0.2) is 65.4 Å². The number of rotatable bonds is 15. The zero-order valence-electron chi connectivity index (χ0n) is 19.2. The summed E-state index contributed by atoms with van der Waals surface area (Å²) in [5.74, 6) is -4.37. The fourth-order valence-electron chi connectivity index (χ4n) is 3.07. The van der Waals surface area contributed by atoms with Crippen molar-refractivity contribution in [2.24, 2.45) is 17.2 Å². The van der Waals surface area contributed by atoms with Gasteiger partial charge in [-0.15, -0.1) is 0 Å². The number of carbonyl (C=O) groups excluding carboxylic acids is 4. The lowest BCUT2D eigenvalue weighted by molar-refractivity contribution is -0.142. The molecule has 1 aromatic rings. The van der Waals surface area contributed by atoms with Gasteiger partial charge in [-0.2, -0.15) is 0 Å². The molecule has 0 aliphatic heterocycles. The Labute approximate surface area is 198 Å². The first-order chi connectivity index (χ1) is 16.0. The first-order valence-electron chi connectivity index (χ1n) is 11.0. The van der Waals surface area contributed by atoms with Gasteiger partial charge in [0, 0.05) is 6.42 Å². The van der Waals surface area contributed by atoms with Gasteiger partial charge in [-0.1, -0.05) is 30.3 Å². The first-order valence-corrected chi connectivity index (χ1v) is 11.0. The molecular formula is C22H34N6O6. The average molecular weight is 479 g/mol. The molecule has 0 radical (unpaired) electrons. The minimum atomic E-state index is -1.44. The maximum Gasteiger partial charge on any atom is 0.326 e. The minimum Gasteiger partial charge on any atom is -0.480 e. The molecule has 34 heavy (non-hydrogen) atoms. The number of amides is 4. The second-order valence-electron chi connectivity index (χ2n) is 7.96. The van der Waals surface area contributed by atoms with E-state index in [0.717, 1.165) is 5.56 Å². The highest BCUT2D eigenvalue weighted by Gasteiger charge is 2.31. The van der Waals surface area contributed by atoms with Gasteiger partial charge in [0.2, 0.25) is 23.6 Å². The number of benzene rings is 1. The molecular weight excluding hydrogens is 444 g/mol. The molecule has 1 aromatic carbocycles. The molecule has 0 aliphatic carbocycles. The van der Waals surface area contributed by atoms with Gasteiger partial charge in [0.1, 0.15) is 18.1 Å². The predicted octanol–water partition coefficient (Wildman–Crippen LogP) is -1.88. The molecule has 1 rings (SSSR count). The molecule has 0 heterocycles. The molecule has 4 atom stereocenters. The Morgan fingerprint density at radius 3 is 1.97 bits per heavy atom. The number of unbranched alkanes of at least 4 members (excludes halogenated alkanes) is 1. The monoisotopic (exact) mass is 478 g/mol. The van der Waals surface area contributed by atoms with Gasteiger partial charge in [0.25, 0.3) is 0 Å². The third-order valence-corrected chi connectivity index (χ3v) is 4.93. The smallest absolute Gasteiger partial charge is 0.326 e. The van der Waals surface area contributed by atoms with Gasteiger partial charge < -0.3 is 38.3 Å². The van der Waals surface area contributed by atoms with Gasteiger partial charge in [-0.3, -0.25) is 19.2 Å². The summed E-state index contributed by atoms with van der Waals surface area (Å²) in [5.41, 5.74) is 17.0. The maximum absolute atomic E-state index is 13.0. The summed E-state index contributed by atoms with van der Waals surface area (Å²) in [7, 11) is 0. The van der Waals surface area contributed by atoms with Crippen LogP contribution >= 0.6 is 0 Å². The van der Waals surface area contributed by atoms with E-state index in [0.29, 0.717) is 19.4 Å². The molecule has 0 aromatic heterocycles. The summed E-state index contributed by atoms with van der Waals surface area (Å²) >= 11 is 0. The number of carboxylic acid groups (broad SMARTS) is 1. The van der Waals surface area contributed by atoms with Crippen molar-refractivity contribution in [3.63, 3.8) is 0 Å². The maximum atomic E-state index is 13.0. The summed E-state index contributed by atoms with van der Waals surface area (Å²) in [6.07, 6.45) is 0.681. The molecule has 4 unspecified atom stereocenters. The van der Waals surface area contributed by atoms with Crippen LogP contribution in [0.2, 0.25) is 0 Å². The standard InChI is InChI=1S/C22H34N6O6/c1-13(24)19(30)27-16(11-14-7-3-2-4-8-14)20(31)28-17(12-18(25)29)21(32)26-15(22(33)34)9-5-6-10-23/h2-4,7-8,13,15-17H,5-6,9-12,23-24H2,1H3,(H2,25,29)(H,26,32)(H,27,30)(H,28,31)(H,33,34). The molecule has 12 heteroatoms. The molecule has 0 saturated heterocycles. The van der Waals surface area contributed by atoms with Crippen molar-refractivity contribution in [3.8, 4) is 0 Å². The first kappa shape index (κ1) is 28.5. The van der Waals surface area contributed by atoms with Gasteiger partial charge in [-0.25, -0.2) is 4.79 Å². The Kier molecular flexibility index (Phi) is 12.2. The molecule has 0 spiro atoms. The molecule has 0 saturated carbocycles. The fraction of sp³-hybridized carbons (Fsp3) is 0.500. The van der Waals surface area contributed by atoms with Crippen LogP contribution in [0.15, 0.2) is 30.3 Å². The van der Waals surface area contributed by atoms with Crippen molar-refractivity contribution in [3.05, 3.63) is 35.9 Å². The van der Waals surface area contributed by atoms with Crippen molar-refractivity contribution < 1.29 is 29.1 Å². The van der Waals surface area contributed by atoms with E-state index in [2.05, 4.69) is 16.0 Å². The van der Waals surface area contributed by atoms with E-state index in [-0.39, 0.29) is 12.8 Å². The largest absolute Gasteiger partial charge is 0.480 e. The number of aliphatic carboxylic acids is 1. The Balaban J connectivity index is 3.02. The van der Waals surface area contributed by atoms with Crippen molar-refractivity contribution >= 4 is 29.6 Å². The summed E-state index contributed by atoms with van der Waals surface area (Å²) in [4.78, 5) is 60.9. The average Bonchev–Trinajstić information content (AvgIpc) is 2.77.